The Bertz CT molecular complexity index is 910. The molecule has 2 saturated heterocycles. The van der Waals surface area contributed by atoms with Crippen LogP contribution in [-0.2, 0) is 9.59 Å². The van der Waals surface area contributed by atoms with Crippen molar-refractivity contribution in [2.45, 2.75) is 20.3 Å². The average Bonchev–Trinajstić information content (AvgIpc) is 2.75. The molecule has 0 unspecified atom stereocenters. The number of nitrogens with one attached hydrogen (secondary N) is 1. The standard InChI is InChI=1S/C24H33N5O2/c1-18-13-19(2)15-29(14-18)24(31)17-28-11-9-27(10-12-28)16-23(30)26-22-7-3-6-21-20(22)5-4-8-25-21/h3-8,18-19H,9-17H2,1-2H3,(H,26,30)/t18-,19+. The number of hydrogen-bond donors (Lipinski definition) is 1. The molecule has 4 rings (SSSR count). The summed E-state index contributed by atoms with van der Waals surface area (Å²) in [5.74, 6) is 1.40. The maximum atomic E-state index is 12.7. The van der Waals surface area contributed by atoms with E-state index in [-0.39, 0.29) is 11.8 Å². The number of benzene rings is 1. The highest BCUT2D eigenvalue weighted by molar-refractivity contribution is 6.01. The molecule has 2 aliphatic heterocycles. The zero-order chi connectivity index (χ0) is 21.8. The van der Waals surface area contributed by atoms with E-state index in [2.05, 4.69) is 33.9 Å². The van der Waals surface area contributed by atoms with Crippen molar-refractivity contribution in [2.24, 2.45) is 11.8 Å². The van der Waals surface area contributed by atoms with Crippen molar-refractivity contribution in [1.29, 1.82) is 0 Å². The normalized spacial score (nSPS) is 23.1. The molecule has 31 heavy (non-hydrogen) atoms. The molecule has 2 atom stereocenters. The van der Waals surface area contributed by atoms with E-state index in [9.17, 15) is 9.59 Å². The van der Waals surface area contributed by atoms with Crippen LogP contribution in [0.3, 0.4) is 0 Å². The molecule has 2 fully saturated rings. The van der Waals surface area contributed by atoms with Crippen LogP contribution in [0.25, 0.3) is 10.9 Å². The molecule has 1 aromatic carbocycles. The van der Waals surface area contributed by atoms with Gasteiger partial charge in [0.25, 0.3) is 0 Å². The number of piperidine rings is 1. The summed E-state index contributed by atoms with van der Waals surface area (Å²) in [6.45, 7) is 10.3. The van der Waals surface area contributed by atoms with Gasteiger partial charge in [0, 0.05) is 50.9 Å². The molecule has 2 aromatic rings. The maximum Gasteiger partial charge on any atom is 0.238 e. The average molecular weight is 424 g/mol. The van der Waals surface area contributed by atoms with E-state index in [1.165, 1.54) is 6.42 Å². The quantitative estimate of drug-likeness (QED) is 0.799. The summed E-state index contributed by atoms with van der Waals surface area (Å²) in [4.78, 5) is 36.1. The third-order valence-corrected chi connectivity index (χ3v) is 6.33. The Morgan fingerprint density at radius 3 is 2.35 bits per heavy atom. The monoisotopic (exact) mass is 423 g/mol. The highest BCUT2D eigenvalue weighted by Crippen LogP contribution is 2.22. The molecule has 2 aliphatic rings. The van der Waals surface area contributed by atoms with Gasteiger partial charge in [-0.2, -0.15) is 0 Å². The van der Waals surface area contributed by atoms with Crippen LogP contribution in [0.15, 0.2) is 36.5 Å². The summed E-state index contributed by atoms with van der Waals surface area (Å²) < 4.78 is 0. The lowest BCUT2D eigenvalue weighted by molar-refractivity contribution is -0.135. The van der Waals surface area contributed by atoms with Crippen LogP contribution in [0.2, 0.25) is 0 Å². The van der Waals surface area contributed by atoms with E-state index in [0.29, 0.717) is 24.9 Å². The summed E-state index contributed by atoms with van der Waals surface area (Å²) in [5, 5.41) is 3.98. The van der Waals surface area contributed by atoms with Gasteiger partial charge >= 0.3 is 0 Å². The Morgan fingerprint density at radius 2 is 1.65 bits per heavy atom. The molecule has 2 amide bonds. The van der Waals surface area contributed by atoms with Gasteiger partial charge in [-0.1, -0.05) is 19.9 Å². The lowest BCUT2D eigenvalue weighted by atomic mass is 9.92. The van der Waals surface area contributed by atoms with E-state index in [1.807, 2.05) is 35.2 Å². The molecule has 0 bridgehead atoms. The third kappa shape index (κ3) is 5.60. The van der Waals surface area contributed by atoms with Gasteiger partial charge in [-0.05, 0) is 42.5 Å². The van der Waals surface area contributed by atoms with Crippen LogP contribution in [0, 0.1) is 11.8 Å². The lowest BCUT2D eigenvalue weighted by Crippen LogP contribution is -2.52. The fraction of sp³-hybridized carbons (Fsp3) is 0.542. The Morgan fingerprint density at radius 1 is 0.968 bits per heavy atom. The summed E-state index contributed by atoms with van der Waals surface area (Å²) in [5.41, 5.74) is 1.67. The van der Waals surface area contributed by atoms with Gasteiger partial charge in [0.2, 0.25) is 11.8 Å². The van der Waals surface area contributed by atoms with Gasteiger partial charge in [-0.25, -0.2) is 0 Å². The number of carbonyl (C=O) groups is 2. The number of fused-ring (bicyclic) bond motifs is 1. The second kappa shape index (κ2) is 9.75. The minimum absolute atomic E-state index is 0.0165. The first-order valence-corrected chi connectivity index (χ1v) is 11.3. The Kier molecular flexibility index (Phi) is 6.83. The SMILES string of the molecule is C[C@@H]1C[C@H](C)CN(C(=O)CN2CCN(CC(=O)Nc3cccc4ncccc34)CC2)C1. The first-order valence-electron chi connectivity index (χ1n) is 11.3. The Hall–Kier alpha value is -2.51. The molecule has 7 heteroatoms. The van der Waals surface area contributed by atoms with Crippen LogP contribution in [0.1, 0.15) is 20.3 Å². The van der Waals surface area contributed by atoms with Crippen molar-refractivity contribution >= 4 is 28.4 Å². The smallest absolute Gasteiger partial charge is 0.238 e. The van der Waals surface area contributed by atoms with Crippen molar-refractivity contribution in [3.63, 3.8) is 0 Å². The molecule has 166 valence electrons. The van der Waals surface area contributed by atoms with Crippen molar-refractivity contribution < 1.29 is 9.59 Å². The third-order valence-electron chi connectivity index (χ3n) is 6.33. The molecule has 0 saturated carbocycles. The van der Waals surface area contributed by atoms with Gasteiger partial charge < -0.3 is 10.2 Å². The van der Waals surface area contributed by atoms with Crippen LogP contribution in [0.5, 0.6) is 0 Å². The number of nitrogens with zero attached hydrogens (tertiary/aromatic N) is 4. The summed E-state index contributed by atoms with van der Waals surface area (Å²) in [6.07, 6.45) is 2.96. The number of amides is 2. The highest BCUT2D eigenvalue weighted by Gasteiger charge is 2.27. The summed E-state index contributed by atoms with van der Waals surface area (Å²) in [7, 11) is 0. The predicted molar refractivity (Wildman–Crippen MR) is 123 cm³/mol. The number of aromatic nitrogens is 1. The number of rotatable bonds is 5. The maximum absolute atomic E-state index is 12.7. The first kappa shape index (κ1) is 21.7. The van der Waals surface area contributed by atoms with Gasteiger partial charge in [-0.3, -0.25) is 24.4 Å². The molecule has 0 radical (unpaired) electrons. The van der Waals surface area contributed by atoms with Crippen LogP contribution < -0.4 is 5.32 Å². The molecule has 0 spiro atoms. The van der Waals surface area contributed by atoms with E-state index in [4.69, 9.17) is 0 Å². The largest absolute Gasteiger partial charge is 0.341 e. The summed E-state index contributed by atoms with van der Waals surface area (Å²) in [6, 6.07) is 9.61. The Labute approximate surface area is 184 Å². The number of hydrogen-bond acceptors (Lipinski definition) is 5. The van der Waals surface area contributed by atoms with Crippen molar-refractivity contribution in [3.05, 3.63) is 36.5 Å². The molecule has 1 N–H and O–H groups in total. The molecule has 0 aliphatic carbocycles. The van der Waals surface area contributed by atoms with E-state index >= 15 is 0 Å². The van der Waals surface area contributed by atoms with Crippen molar-refractivity contribution in [2.75, 3.05) is 57.7 Å². The number of likely N-dealkylation sites (tertiary alicyclic amines) is 1. The fourth-order valence-electron chi connectivity index (χ4n) is 4.87. The second-order valence-corrected chi connectivity index (χ2v) is 9.22. The zero-order valence-corrected chi connectivity index (χ0v) is 18.6. The van der Waals surface area contributed by atoms with Gasteiger partial charge in [-0.15, -0.1) is 0 Å². The Balaban J connectivity index is 1.23. The number of piperazine rings is 1. The van der Waals surface area contributed by atoms with Crippen LogP contribution in [-0.4, -0.2) is 83.9 Å². The number of pyridine rings is 1. The molecule has 7 nitrogen and oxygen atoms in total. The zero-order valence-electron chi connectivity index (χ0n) is 18.6. The van der Waals surface area contributed by atoms with Crippen molar-refractivity contribution in [1.82, 2.24) is 19.7 Å². The van der Waals surface area contributed by atoms with Gasteiger partial charge in [0.1, 0.15) is 0 Å². The molecule has 1 aromatic heterocycles. The minimum Gasteiger partial charge on any atom is -0.341 e. The van der Waals surface area contributed by atoms with E-state index in [1.54, 1.807) is 6.20 Å². The minimum atomic E-state index is -0.0165. The second-order valence-electron chi connectivity index (χ2n) is 9.22. The molecular formula is C24H33N5O2. The molecule has 3 heterocycles. The van der Waals surface area contributed by atoms with Gasteiger partial charge in [0.05, 0.1) is 24.3 Å². The van der Waals surface area contributed by atoms with E-state index < -0.39 is 0 Å². The van der Waals surface area contributed by atoms with E-state index in [0.717, 1.165) is 55.9 Å². The topological polar surface area (TPSA) is 68.8 Å². The molecular weight excluding hydrogens is 390 g/mol. The van der Waals surface area contributed by atoms with Crippen molar-refractivity contribution in [3.8, 4) is 0 Å². The van der Waals surface area contributed by atoms with Crippen LogP contribution >= 0.6 is 0 Å². The summed E-state index contributed by atoms with van der Waals surface area (Å²) >= 11 is 0. The highest BCUT2D eigenvalue weighted by atomic mass is 16.2. The van der Waals surface area contributed by atoms with Crippen LogP contribution in [0.4, 0.5) is 5.69 Å². The first-order chi connectivity index (χ1) is 15.0. The predicted octanol–water partition coefficient (Wildman–Crippen LogP) is 2.30. The fourth-order valence-corrected chi connectivity index (χ4v) is 4.87. The lowest BCUT2D eigenvalue weighted by Gasteiger charge is -2.38. The number of carbonyl (C=O) groups excluding carboxylic acids is 2. The number of anilines is 1. The van der Waals surface area contributed by atoms with Gasteiger partial charge in [0.15, 0.2) is 0 Å².